The molecule has 172 valence electrons. The van der Waals surface area contributed by atoms with Crippen LogP contribution in [0.25, 0.3) is 0 Å². The molecule has 1 aromatic heterocycles. The number of hydrogen-bond acceptors (Lipinski definition) is 5. The van der Waals surface area contributed by atoms with Crippen LogP contribution in [-0.4, -0.2) is 47.9 Å². The van der Waals surface area contributed by atoms with Crippen LogP contribution in [0.4, 0.5) is 11.8 Å². The molecule has 8 heteroatoms. The fourth-order valence-corrected chi connectivity index (χ4v) is 5.06. The fourth-order valence-electron chi connectivity index (χ4n) is 4.71. The summed E-state index contributed by atoms with van der Waals surface area (Å²) < 4.78 is 5.64. The van der Waals surface area contributed by atoms with Crippen LogP contribution >= 0.6 is 23.8 Å². The molecule has 1 aromatic carbocycles. The van der Waals surface area contributed by atoms with Crippen molar-refractivity contribution in [2.24, 2.45) is 5.92 Å². The molecule has 2 N–H and O–H groups in total. The Balaban J connectivity index is 1.44. The molecule has 32 heavy (non-hydrogen) atoms. The first-order valence-electron chi connectivity index (χ1n) is 11.4. The Bertz CT molecular complexity index is 950. The van der Waals surface area contributed by atoms with E-state index in [0.717, 1.165) is 55.7 Å². The van der Waals surface area contributed by atoms with E-state index in [9.17, 15) is 0 Å². The fraction of sp³-hybridized carbons (Fsp3) is 0.542. The Labute approximate surface area is 201 Å². The molecule has 4 rings (SSSR count). The van der Waals surface area contributed by atoms with E-state index in [0.29, 0.717) is 23.5 Å². The molecule has 2 aromatic rings. The summed E-state index contributed by atoms with van der Waals surface area (Å²) in [5, 5.41) is 7.90. The van der Waals surface area contributed by atoms with E-state index in [1.54, 1.807) is 0 Å². The Morgan fingerprint density at radius 2 is 2.09 bits per heavy atom. The number of ether oxygens (including phenoxy) is 1. The van der Waals surface area contributed by atoms with Crippen molar-refractivity contribution in [2.75, 3.05) is 43.1 Å². The van der Waals surface area contributed by atoms with E-state index in [2.05, 4.69) is 45.6 Å². The van der Waals surface area contributed by atoms with Crippen molar-refractivity contribution in [3.05, 3.63) is 46.6 Å². The van der Waals surface area contributed by atoms with Crippen molar-refractivity contribution < 1.29 is 4.74 Å². The van der Waals surface area contributed by atoms with Crippen LogP contribution in [0.3, 0.4) is 0 Å². The molecule has 6 nitrogen and oxygen atoms in total. The highest BCUT2D eigenvalue weighted by Crippen LogP contribution is 2.35. The van der Waals surface area contributed by atoms with Gasteiger partial charge in [0.15, 0.2) is 5.11 Å². The van der Waals surface area contributed by atoms with Crippen LogP contribution < -0.4 is 15.5 Å². The van der Waals surface area contributed by atoms with Gasteiger partial charge in [0.05, 0.1) is 0 Å². The van der Waals surface area contributed by atoms with Crippen LogP contribution in [0.5, 0.6) is 0 Å². The second-order valence-corrected chi connectivity index (χ2v) is 9.94. The minimum Gasteiger partial charge on any atom is -0.381 e. The Morgan fingerprint density at radius 1 is 1.28 bits per heavy atom. The van der Waals surface area contributed by atoms with Gasteiger partial charge in [-0.05, 0) is 68.4 Å². The predicted molar refractivity (Wildman–Crippen MR) is 135 cm³/mol. The van der Waals surface area contributed by atoms with Crippen molar-refractivity contribution in [1.82, 2.24) is 15.3 Å². The summed E-state index contributed by atoms with van der Waals surface area (Å²) in [6.07, 6.45) is 4.31. The third-order valence-corrected chi connectivity index (χ3v) is 7.00. The van der Waals surface area contributed by atoms with E-state index in [-0.39, 0.29) is 5.41 Å². The van der Waals surface area contributed by atoms with Gasteiger partial charge >= 0.3 is 0 Å². The van der Waals surface area contributed by atoms with E-state index < -0.39 is 0 Å². The molecule has 2 aliphatic rings. The average Bonchev–Trinajstić information content (AvgIpc) is 2.78. The van der Waals surface area contributed by atoms with E-state index in [1.807, 2.05) is 19.1 Å². The average molecular weight is 474 g/mol. The molecule has 0 bridgehead atoms. The highest BCUT2D eigenvalue weighted by atomic mass is 35.5. The maximum atomic E-state index is 6.29. The zero-order chi connectivity index (χ0) is 22.6. The highest BCUT2D eigenvalue weighted by molar-refractivity contribution is 7.80. The molecule has 0 saturated carbocycles. The molecule has 1 unspecified atom stereocenters. The second-order valence-electron chi connectivity index (χ2n) is 9.10. The van der Waals surface area contributed by atoms with Gasteiger partial charge in [0.1, 0.15) is 5.82 Å². The maximum absolute atomic E-state index is 6.29. The van der Waals surface area contributed by atoms with Gasteiger partial charge in [-0.1, -0.05) is 30.7 Å². The molecule has 0 amide bonds. The van der Waals surface area contributed by atoms with Crippen molar-refractivity contribution in [3.63, 3.8) is 0 Å². The molecule has 0 radical (unpaired) electrons. The Morgan fingerprint density at radius 3 is 2.84 bits per heavy atom. The third kappa shape index (κ3) is 5.69. The zero-order valence-corrected chi connectivity index (χ0v) is 20.4. The summed E-state index contributed by atoms with van der Waals surface area (Å²) >= 11 is 11.9. The topological polar surface area (TPSA) is 62.3 Å². The summed E-state index contributed by atoms with van der Waals surface area (Å²) in [5.41, 5.74) is 2.08. The van der Waals surface area contributed by atoms with Gasteiger partial charge in [0.25, 0.3) is 0 Å². The van der Waals surface area contributed by atoms with Gasteiger partial charge in [-0.15, -0.1) is 0 Å². The molecule has 0 spiro atoms. The minimum absolute atomic E-state index is 0.0720. The number of aromatic nitrogens is 2. The number of aryl methyl sites for hydroxylation is 1. The number of thiocarbonyl (C=S) groups is 1. The highest BCUT2D eigenvalue weighted by Gasteiger charge is 2.34. The van der Waals surface area contributed by atoms with Crippen molar-refractivity contribution >= 4 is 40.7 Å². The monoisotopic (exact) mass is 473 g/mol. The van der Waals surface area contributed by atoms with Gasteiger partial charge in [0, 0.05) is 55.0 Å². The molecule has 2 fully saturated rings. The van der Waals surface area contributed by atoms with Gasteiger partial charge < -0.3 is 20.3 Å². The quantitative estimate of drug-likeness (QED) is 0.609. The summed E-state index contributed by atoms with van der Waals surface area (Å²) in [6, 6.07) is 10.2. The van der Waals surface area contributed by atoms with Crippen molar-refractivity contribution in [1.29, 1.82) is 0 Å². The van der Waals surface area contributed by atoms with Gasteiger partial charge in [-0.2, -0.15) is 4.98 Å². The molecule has 2 saturated heterocycles. The smallest absolute Gasteiger partial charge is 0.231 e. The molecule has 2 aliphatic heterocycles. The minimum atomic E-state index is -0.0720. The van der Waals surface area contributed by atoms with Crippen LogP contribution in [0.2, 0.25) is 5.02 Å². The second kappa shape index (κ2) is 10.3. The number of benzene rings is 1. The first kappa shape index (κ1) is 23.2. The number of hydrogen-bond donors (Lipinski definition) is 2. The number of piperidine rings is 1. The Kier molecular flexibility index (Phi) is 7.48. The molecule has 0 aliphatic carbocycles. The molecule has 3 heterocycles. The van der Waals surface area contributed by atoms with Gasteiger partial charge in [-0.25, -0.2) is 4.98 Å². The van der Waals surface area contributed by atoms with Crippen molar-refractivity contribution in [2.45, 2.75) is 44.9 Å². The number of nitrogens with zero attached hydrogens (tertiary/aromatic N) is 3. The van der Waals surface area contributed by atoms with E-state index in [1.165, 1.54) is 18.4 Å². The third-order valence-electron chi connectivity index (χ3n) is 6.52. The number of rotatable bonds is 5. The first-order valence-corrected chi connectivity index (χ1v) is 12.2. The lowest BCUT2D eigenvalue weighted by molar-refractivity contribution is 0.0515. The van der Waals surface area contributed by atoms with Gasteiger partial charge in [0.2, 0.25) is 5.95 Å². The van der Waals surface area contributed by atoms with Crippen LogP contribution in [0, 0.1) is 12.8 Å². The normalized spacial score (nSPS) is 20.6. The largest absolute Gasteiger partial charge is 0.381 e. The first-order chi connectivity index (χ1) is 15.4. The van der Waals surface area contributed by atoms with Crippen LogP contribution in [-0.2, 0) is 10.2 Å². The summed E-state index contributed by atoms with van der Waals surface area (Å²) in [4.78, 5) is 11.7. The lowest BCUT2D eigenvalue weighted by atomic mass is 9.74. The Hall–Kier alpha value is -1.96. The van der Waals surface area contributed by atoms with Crippen LogP contribution in [0.15, 0.2) is 30.3 Å². The standard InChI is InChI=1S/C24H32ClN5OS/c1-17-5-4-10-30(15-17)21-13-18(2)27-22(28-21)29-23(32)26-16-24(8-11-31-12-9-24)19-6-3-7-20(25)14-19/h3,6-7,13-14,17H,4-5,8-12,15-16H2,1-2H3,(H2,26,27,28,29,32). The summed E-state index contributed by atoms with van der Waals surface area (Å²) in [6.45, 7) is 8.52. The summed E-state index contributed by atoms with van der Waals surface area (Å²) in [7, 11) is 0. The predicted octanol–water partition coefficient (Wildman–Crippen LogP) is 4.71. The van der Waals surface area contributed by atoms with Gasteiger partial charge in [-0.3, -0.25) is 0 Å². The molecular formula is C24H32ClN5OS. The maximum Gasteiger partial charge on any atom is 0.231 e. The number of anilines is 2. The molecular weight excluding hydrogens is 442 g/mol. The number of halogens is 1. The van der Waals surface area contributed by atoms with E-state index >= 15 is 0 Å². The van der Waals surface area contributed by atoms with E-state index in [4.69, 9.17) is 33.5 Å². The number of nitrogens with one attached hydrogen (secondary N) is 2. The zero-order valence-electron chi connectivity index (χ0n) is 18.9. The SMILES string of the molecule is Cc1cc(N2CCCC(C)C2)nc(NC(=S)NCC2(c3cccc(Cl)c3)CCOCC2)n1. The summed E-state index contributed by atoms with van der Waals surface area (Å²) in [5.74, 6) is 2.19. The lowest BCUT2D eigenvalue weighted by Crippen LogP contribution is -2.45. The lowest BCUT2D eigenvalue weighted by Gasteiger charge is -2.38. The molecule has 1 atom stereocenters. The van der Waals surface area contributed by atoms with Crippen molar-refractivity contribution in [3.8, 4) is 0 Å². The van der Waals surface area contributed by atoms with Crippen LogP contribution in [0.1, 0.15) is 43.9 Å².